The molecule has 2 aromatic carbocycles. The number of H-pyrrole nitrogens is 2. The second-order valence-corrected chi connectivity index (χ2v) is 17.3. The fourth-order valence-electron chi connectivity index (χ4n) is 9.61. The van der Waals surface area contributed by atoms with Gasteiger partial charge in [0.1, 0.15) is 23.7 Å². The molecule has 4 aromatic rings. The van der Waals surface area contributed by atoms with E-state index in [1.807, 2.05) is 49.9 Å². The standard InChI is InChI=1S/C46H61N9O6/c1-10-34-38-30(28-15-17-29(18-16-28)32-23-47-41(49-32)35-13-11-21-54(35)43(56)39(25(2)3)51-45(58)60-8)19-20-31(37(38)27(6)53(34)7)33-24-48-42(50-33)36-14-12-22-55(36)44(57)40(26(4)5)52-46(59)61-9/h15-20,23-27,34-36,39-40H,10-14,21-22H2,1-9H3,(H,47,49)(H,48,50)(H,51,58)(H,52,59)/t27?,34?,35-,36-,39-,40-/m0/s1. The highest BCUT2D eigenvalue weighted by Gasteiger charge is 2.40. The van der Waals surface area contributed by atoms with Crippen LogP contribution >= 0.6 is 0 Å². The molecule has 5 heterocycles. The Kier molecular flexibility index (Phi) is 12.9. The number of aromatic amines is 2. The number of hydrogen-bond acceptors (Lipinski definition) is 9. The number of methoxy groups -OCH3 is 2. The van der Waals surface area contributed by atoms with Gasteiger partial charge in [-0.1, -0.05) is 71.0 Å². The fraction of sp³-hybridized carbons (Fsp3) is 0.522. The normalized spacial score (nSPS) is 21.2. The van der Waals surface area contributed by atoms with Crippen LogP contribution in [0, 0.1) is 11.8 Å². The lowest BCUT2D eigenvalue weighted by molar-refractivity contribution is -0.136. The van der Waals surface area contributed by atoms with Crippen molar-refractivity contribution in [3.05, 3.63) is 71.6 Å². The quantitative estimate of drug-likeness (QED) is 0.111. The van der Waals surface area contributed by atoms with Gasteiger partial charge in [0.15, 0.2) is 0 Å². The van der Waals surface area contributed by atoms with Gasteiger partial charge in [0.25, 0.3) is 0 Å². The van der Waals surface area contributed by atoms with Gasteiger partial charge in [-0.3, -0.25) is 14.5 Å². The van der Waals surface area contributed by atoms with Crippen molar-refractivity contribution in [3.63, 3.8) is 0 Å². The molecule has 0 saturated carbocycles. The van der Waals surface area contributed by atoms with E-state index in [9.17, 15) is 19.2 Å². The highest BCUT2D eigenvalue weighted by Crippen LogP contribution is 2.50. The average Bonchev–Trinajstić information content (AvgIpc) is 4.12. The van der Waals surface area contributed by atoms with Crippen LogP contribution < -0.4 is 10.6 Å². The molecule has 2 aromatic heterocycles. The summed E-state index contributed by atoms with van der Waals surface area (Å²) < 4.78 is 9.61. The van der Waals surface area contributed by atoms with Gasteiger partial charge >= 0.3 is 12.2 Å². The van der Waals surface area contributed by atoms with E-state index in [0.29, 0.717) is 13.1 Å². The maximum absolute atomic E-state index is 13.8. The number of aromatic nitrogens is 4. The van der Waals surface area contributed by atoms with Gasteiger partial charge in [0.05, 0.1) is 50.1 Å². The lowest BCUT2D eigenvalue weighted by atomic mass is 9.87. The fourth-order valence-corrected chi connectivity index (χ4v) is 9.61. The second kappa shape index (κ2) is 18.1. The van der Waals surface area contributed by atoms with Gasteiger partial charge in [-0.05, 0) is 85.7 Å². The molecule has 3 aliphatic rings. The molecule has 3 aliphatic heterocycles. The van der Waals surface area contributed by atoms with E-state index in [1.165, 1.54) is 30.9 Å². The minimum absolute atomic E-state index is 0.111. The molecule has 4 amide bonds. The third kappa shape index (κ3) is 8.36. The van der Waals surface area contributed by atoms with E-state index in [4.69, 9.17) is 19.4 Å². The number of hydrogen-bond donors (Lipinski definition) is 4. The molecule has 7 rings (SSSR count). The third-order valence-electron chi connectivity index (χ3n) is 13.0. The van der Waals surface area contributed by atoms with Crippen LogP contribution in [0.3, 0.4) is 0 Å². The number of carbonyl (C=O) groups is 4. The van der Waals surface area contributed by atoms with E-state index in [1.54, 1.807) is 0 Å². The molecule has 0 spiro atoms. The first-order chi connectivity index (χ1) is 29.3. The number of benzene rings is 2. The summed E-state index contributed by atoms with van der Waals surface area (Å²) in [5, 5.41) is 5.45. The third-order valence-corrected chi connectivity index (χ3v) is 13.0. The van der Waals surface area contributed by atoms with Gasteiger partial charge < -0.3 is 39.9 Å². The SMILES string of the molecule is CCC1c2c(-c3ccc(-c4cnc([C@@H]5CCCN5C(=O)[C@@H](NC(=O)OC)C(C)C)[nH]4)cc3)ccc(-c3cnc([C@@H]4CCCN4C(=O)[C@@H](NC(=O)OC)C(C)C)[nH]3)c2C(C)N1C. The Morgan fingerprint density at radius 2 is 1.20 bits per heavy atom. The number of ether oxygens (including phenoxy) is 2. The van der Waals surface area contributed by atoms with Crippen molar-refractivity contribution in [3.8, 4) is 33.6 Å². The van der Waals surface area contributed by atoms with E-state index in [0.717, 1.165) is 71.8 Å². The Labute approximate surface area is 358 Å². The van der Waals surface area contributed by atoms with Gasteiger partial charge in [-0.15, -0.1) is 0 Å². The van der Waals surface area contributed by atoms with Crippen LogP contribution in [0.5, 0.6) is 0 Å². The molecular formula is C46H61N9O6. The van der Waals surface area contributed by atoms with Crippen LogP contribution in [-0.4, -0.2) is 105 Å². The van der Waals surface area contributed by atoms with Gasteiger partial charge in [-0.25, -0.2) is 19.6 Å². The molecule has 2 saturated heterocycles. The summed E-state index contributed by atoms with van der Waals surface area (Å²) in [7, 11) is 4.79. The van der Waals surface area contributed by atoms with Crippen LogP contribution in [0.2, 0.25) is 0 Å². The molecule has 4 N–H and O–H groups in total. The van der Waals surface area contributed by atoms with E-state index >= 15 is 0 Å². The molecule has 0 bridgehead atoms. The number of carbonyl (C=O) groups excluding carboxylic acids is 4. The summed E-state index contributed by atoms with van der Waals surface area (Å²) >= 11 is 0. The highest BCUT2D eigenvalue weighted by atomic mass is 16.5. The summed E-state index contributed by atoms with van der Waals surface area (Å²) in [5.74, 6) is 0.970. The first kappa shape index (κ1) is 43.4. The van der Waals surface area contributed by atoms with Crippen LogP contribution in [-0.2, 0) is 19.1 Å². The van der Waals surface area contributed by atoms with Crippen molar-refractivity contribution in [2.75, 3.05) is 34.4 Å². The molecule has 15 nitrogen and oxygen atoms in total. The number of nitrogens with zero attached hydrogens (tertiary/aromatic N) is 5. The van der Waals surface area contributed by atoms with Crippen molar-refractivity contribution >= 4 is 24.0 Å². The van der Waals surface area contributed by atoms with Gasteiger partial charge in [0, 0.05) is 30.7 Å². The van der Waals surface area contributed by atoms with Crippen molar-refractivity contribution < 1.29 is 28.7 Å². The number of alkyl carbamates (subject to hydrolysis) is 2. The number of rotatable bonds is 12. The largest absolute Gasteiger partial charge is 0.453 e. The van der Waals surface area contributed by atoms with Crippen molar-refractivity contribution in [2.24, 2.45) is 11.8 Å². The van der Waals surface area contributed by atoms with Crippen LogP contribution in [0.25, 0.3) is 33.6 Å². The summed E-state index contributed by atoms with van der Waals surface area (Å²) in [4.78, 5) is 74.5. The Bertz CT molecular complexity index is 2230. The van der Waals surface area contributed by atoms with Gasteiger partial charge in [-0.2, -0.15) is 0 Å². The maximum atomic E-state index is 13.8. The van der Waals surface area contributed by atoms with E-state index in [-0.39, 0.29) is 47.8 Å². The van der Waals surface area contributed by atoms with Crippen LogP contribution in [0.1, 0.15) is 121 Å². The zero-order chi connectivity index (χ0) is 43.7. The second-order valence-electron chi connectivity index (χ2n) is 17.3. The van der Waals surface area contributed by atoms with Crippen molar-refractivity contribution in [1.82, 2.24) is 45.3 Å². The number of amides is 4. The molecule has 0 aliphatic carbocycles. The Morgan fingerprint density at radius 3 is 1.69 bits per heavy atom. The minimum Gasteiger partial charge on any atom is -0.453 e. The van der Waals surface area contributed by atoms with Crippen molar-refractivity contribution in [2.45, 2.75) is 110 Å². The van der Waals surface area contributed by atoms with Crippen molar-refractivity contribution in [1.29, 1.82) is 0 Å². The zero-order valence-corrected chi connectivity index (χ0v) is 36.9. The number of likely N-dealkylation sites (tertiary alicyclic amines) is 2. The first-order valence-electron chi connectivity index (χ1n) is 21.7. The van der Waals surface area contributed by atoms with E-state index in [2.05, 4.69) is 82.8 Å². The molecule has 61 heavy (non-hydrogen) atoms. The monoisotopic (exact) mass is 835 g/mol. The molecular weight excluding hydrogens is 775 g/mol. The summed E-state index contributed by atoms with van der Waals surface area (Å²) in [6.45, 7) is 13.3. The van der Waals surface area contributed by atoms with Gasteiger partial charge in [0.2, 0.25) is 11.8 Å². The Hall–Kier alpha value is -5.70. The predicted octanol–water partition coefficient (Wildman–Crippen LogP) is 7.68. The Morgan fingerprint density at radius 1 is 0.721 bits per heavy atom. The molecule has 15 heteroatoms. The minimum atomic E-state index is -0.700. The highest BCUT2D eigenvalue weighted by molar-refractivity contribution is 5.87. The molecule has 6 atom stereocenters. The first-order valence-corrected chi connectivity index (χ1v) is 21.7. The summed E-state index contributed by atoms with van der Waals surface area (Å²) in [5.41, 5.74) is 8.73. The number of imidazole rings is 2. The lowest BCUT2D eigenvalue weighted by Crippen LogP contribution is -2.51. The zero-order valence-electron chi connectivity index (χ0n) is 36.9. The van der Waals surface area contributed by atoms with Crippen LogP contribution in [0.4, 0.5) is 9.59 Å². The molecule has 2 fully saturated rings. The number of fused-ring (bicyclic) bond motifs is 1. The lowest BCUT2D eigenvalue weighted by Gasteiger charge is -2.30. The van der Waals surface area contributed by atoms with E-state index < -0.39 is 24.3 Å². The molecule has 0 radical (unpaired) electrons. The predicted molar refractivity (Wildman–Crippen MR) is 232 cm³/mol. The Balaban J connectivity index is 1.14. The number of nitrogens with one attached hydrogen (secondary N) is 4. The molecule has 2 unspecified atom stereocenters. The van der Waals surface area contributed by atoms with Crippen LogP contribution in [0.15, 0.2) is 48.8 Å². The summed E-state index contributed by atoms with van der Waals surface area (Å²) in [6, 6.07) is 11.5. The topological polar surface area (TPSA) is 178 Å². The maximum Gasteiger partial charge on any atom is 0.407 e. The molecule has 326 valence electrons. The summed E-state index contributed by atoms with van der Waals surface area (Å²) in [6.07, 6.45) is 6.66. The smallest absolute Gasteiger partial charge is 0.407 e. The average molecular weight is 836 g/mol.